The Labute approximate surface area is 109 Å². The van der Waals surface area contributed by atoms with Crippen molar-refractivity contribution in [3.8, 4) is 11.1 Å². The van der Waals surface area contributed by atoms with Gasteiger partial charge in [-0.25, -0.2) is 0 Å². The Hall–Kier alpha value is -1.63. The van der Waals surface area contributed by atoms with E-state index < -0.39 is 0 Å². The molecule has 1 aliphatic rings. The van der Waals surface area contributed by atoms with Gasteiger partial charge in [-0.2, -0.15) is 0 Å². The number of hydrogen-bond donors (Lipinski definition) is 0. The normalized spacial score (nSPS) is 15.4. The van der Waals surface area contributed by atoms with Crippen LogP contribution in [0, 0.1) is 13.8 Å². The van der Waals surface area contributed by atoms with Gasteiger partial charge in [-0.15, -0.1) is 0 Å². The van der Waals surface area contributed by atoms with Crippen LogP contribution in [0.5, 0.6) is 0 Å². The van der Waals surface area contributed by atoms with E-state index in [2.05, 4.69) is 43.1 Å². The lowest BCUT2D eigenvalue weighted by Crippen LogP contribution is -2.11. The van der Waals surface area contributed by atoms with Crippen molar-refractivity contribution < 1.29 is 0 Å². The third kappa shape index (κ3) is 1.84. The maximum absolute atomic E-state index is 4.12. The quantitative estimate of drug-likeness (QED) is 0.742. The van der Waals surface area contributed by atoms with E-state index in [9.17, 15) is 0 Å². The summed E-state index contributed by atoms with van der Waals surface area (Å²) < 4.78 is 0. The van der Waals surface area contributed by atoms with E-state index in [4.69, 9.17) is 0 Å². The summed E-state index contributed by atoms with van der Waals surface area (Å²) in [4.78, 5) is 4.12. The predicted octanol–water partition coefficient (Wildman–Crippen LogP) is 4.63. The van der Waals surface area contributed by atoms with E-state index in [0.717, 1.165) is 5.92 Å². The lowest BCUT2D eigenvalue weighted by Gasteiger charge is -2.29. The molecule has 2 aromatic rings. The van der Waals surface area contributed by atoms with Crippen molar-refractivity contribution in [3.63, 3.8) is 0 Å². The molecule has 92 valence electrons. The minimum atomic E-state index is 0.797. The summed E-state index contributed by atoms with van der Waals surface area (Å²) in [6, 6.07) is 8.83. The van der Waals surface area contributed by atoms with Crippen LogP contribution in [0.1, 0.15) is 41.9 Å². The first-order valence-corrected chi connectivity index (χ1v) is 6.78. The van der Waals surface area contributed by atoms with Crippen LogP contribution in [0.25, 0.3) is 11.1 Å². The van der Waals surface area contributed by atoms with E-state index in [1.807, 2.05) is 12.4 Å². The standard InChI is InChI=1S/C17H19N/c1-12-6-7-16(14-4-3-5-14)13(2)17(12)15-8-10-18-11-9-15/h6-11,14H,3-5H2,1-2H3. The van der Waals surface area contributed by atoms with E-state index in [0.29, 0.717) is 0 Å². The number of hydrogen-bond acceptors (Lipinski definition) is 1. The van der Waals surface area contributed by atoms with Gasteiger partial charge in [0, 0.05) is 12.4 Å². The Morgan fingerprint density at radius 1 is 1.00 bits per heavy atom. The Morgan fingerprint density at radius 2 is 1.72 bits per heavy atom. The molecule has 1 fully saturated rings. The molecule has 18 heavy (non-hydrogen) atoms. The zero-order valence-electron chi connectivity index (χ0n) is 11.1. The minimum Gasteiger partial charge on any atom is -0.265 e. The molecular formula is C17H19N. The third-order valence-corrected chi connectivity index (χ3v) is 4.23. The van der Waals surface area contributed by atoms with Crippen molar-refractivity contribution in [2.24, 2.45) is 0 Å². The Bertz CT molecular complexity index is 553. The second-order valence-corrected chi connectivity index (χ2v) is 5.34. The monoisotopic (exact) mass is 237 g/mol. The zero-order valence-corrected chi connectivity index (χ0v) is 11.1. The van der Waals surface area contributed by atoms with Gasteiger partial charge in [0.1, 0.15) is 0 Å². The number of aromatic nitrogens is 1. The molecule has 1 nitrogen and oxygen atoms in total. The molecule has 1 saturated carbocycles. The summed E-state index contributed by atoms with van der Waals surface area (Å²) in [6.07, 6.45) is 7.87. The molecule has 0 radical (unpaired) electrons. The lowest BCUT2D eigenvalue weighted by atomic mass is 9.76. The van der Waals surface area contributed by atoms with Crippen LogP contribution < -0.4 is 0 Å². The molecule has 0 saturated heterocycles. The summed E-state index contributed by atoms with van der Waals surface area (Å²) in [5.74, 6) is 0.797. The van der Waals surface area contributed by atoms with E-state index >= 15 is 0 Å². The molecule has 1 heterocycles. The topological polar surface area (TPSA) is 12.9 Å². The highest BCUT2D eigenvalue weighted by atomic mass is 14.6. The highest BCUT2D eigenvalue weighted by molar-refractivity contribution is 5.72. The molecule has 0 spiro atoms. The van der Waals surface area contributed by atoms with Gasteiger partial charge in [0.05, 0.1) is 0 Å². The number of rotatable bonds is 2. The van der Waals surface area contributed by atoms with Crippen LogP contribution in [-0.4, -0.2) is 4.98 Å². The smallest absolute Gasteiger partial charge is 0.0273 e. The van der Waals surface area contributed by atoms with Gasteiger partial charge in [0.25, 0.3) is 0 Å². The van der Waals surface area contributed by atoms with Gasteiger partial charge in [0.2, 0.25) is 0 Å². The second-order valence-electron chi connectivity index (χ2n) is 5.34. The summed E-state index contributed by atoms with van der Waals surface area (Å²) in [7, 11) is 0. The van der Waals surface area contributed by atoms with Crippen molar-refractivity contribution >= 4 is 0 Å². The zero-order chi connectivity index (χ0) is 12.5. The lowest BCUT2D eigenvalue weighted by molar-refractivity contribution is 0.418. The fourth-order valence-electron chi connectivity index (χ4n) is 2.99. The van der Waals surface area contributed by atoms with Gasteiger partial charge in [-0.05, 0) is 72.6 Å². The first-order valence-electron chi connectivity index (χ1n) is 6.78. The summed E-state index contributed by atoms with van der Waals surface area (Å²) in [5, 5.41) is 0. The molecule has 1 aromatic heterocycles. The highest BCUT2D eigenvalue weighted by Crippen LogP contribution is 2.41. The molecule has 1 heteroatoms. The fourth-order valence-corrected chi connectivity index (χ4v) is 2.99. The van der Waals surface area contributed by atoms with Crippen molar-refractivity contribution in [2.75, 3.05) is 0 Å². The number of pyridine rings is 1. The summed E-state index contributed by atoms with van der Waals surface area (Å²) in [6.45, 7) is 4.48. The fraction of sp³-hybridized carbons (Fsp3) is 0.353. The largest absolute Gasteiger partial charge is 0.265 e. The summed E-state index contributed by atoms with van der Waals surface area (Å²) in [5.41, 5.74) is 7.08. The number of benzene rings is 1. The highest BCUT2D eigenvalue weighted by Gasteiger charge is 2.22. The Kier molecular flexibility index (Phi) is 2.91. The molecule has 0 aliphatic heterocycles. The van der Waals surface area contributed by atoms with Crippen molar-refractivity contribution in [1.82, 2.24) is 4.98 Å². The van der Waals surface area contributed by atoms with Gasteiger partial charge in [0.15, 0.2) is 0 Å². The number of nitrogens with zero attached hydrogens (tertiary/aromatic N) is 1. The first kappa shape index (κ1) is 11.5. The van der Waals surface area contributed by atoms with Crippen LogP contribution in [-0.2, 0) is 0 Å². The average Bonchev–Trinajstić information content (AvgIpc) is 2.32. The maximum Gasteiger partial charge on any atom is 0.0273 e. The minimum absolute atomic E-state index is 0.797. The van der Waals surface area contributed by atoms with Crippen LogP contribution in [0.4, 0.5) is 0 Å². The van der Waals surface area contributed by atoms with Crippen LogP contribution in [0.3, 0.4) is 0 Å². The Morgan fingerprint density at radius 3 is 2.33 bits per heavy atom. The van der Waals surface area contributed by atoms with Gasteiger partial charge in [-0.3, -0.25) is 4.98 Å². The van der Waals surface area contributed by atoms with Gasteiger partial charge < -0.3 is 0 Å². The molecule has 0 amide bonds. The summed E-state index contributed by atoms with van der Waals surface area (Å²) >= 11 is 0. The second kappa shape index (κ2) is 4.56. The molecule has 0 bridgehead atoms. The van der Waals surface area contributed by atoms with Crippen LogP contribution >= 0.6 is 0 Å². The SMILES string of the molecule is Cc1ccc(C2CCC2)c(C)c1-c1ccncc1. The molecule has 0 N–H and O–H groups in total. The molecule has 1 aliphatic carbocycles. The van der Waals surface area contributed by atoms with Crippen molar-refractivity contribution in [2.45, 2.75) is 39.0 Å². The predicted molar refractivity (Wildman–Crippen MR) is 75.7 cm³/mol. The average molecular weight is 237 g/mol. The number of aryl methyl sites for hydroxylation is 1. The molecule has 3 rings (SSSR count). The van der Waals surface area contributed by atoms with Gasteiger partial charge in [-0.1, -0.05) is 18.6 Å². The molecule has 1 aromatic carbocycles. The maximum atomic E-state index is 4.12. The first-order chi connectivity index (χ1) is 8.77. The van der Waals surface area contributed by atoms with Gasteiger partial charge >= 0.3 is 0 Å². The van der Waals surface area contributed by atoms with Crippen molar-refractivity contribution in [1.29, 1.82) is 0 Å². The Balaban J connectivity index is 2.13. The van der Waals surface area contributed by atoms with Crippen LogP contribution in [0.2, 0.25) is 0 Å². The third-order valence-electron chi connectivity index (χ3n) is 4.23. The molecular weight excluding hydrogens is 218 g/mol. The molecule has 0 atom stereocenters. The van der Waals surface area contributed by atoms with E-state index in [1.54, 1.807) is 5.56 Å². The molecule has 0 unspecified atom stereocenters. The van der Waals surface area contributed by atoms with Crippen molar-refractivity contribution in [3.05, 3.63) is 53.3 Å². The van der Waals surface area contributed by atoms with E-state index in [-0.39, 0.29) is 0 Å². The van der Waals surface area contributed by atoms with E-state index in [1.165, 1.54) is 41.5 Å². The van der Waals surface area contributed by atoms with Crippen LogP contribution in [0.15, 0.2) is 36.7 Å².